The van der Waals surface area contributed by atoms with Crippen LogP contribution in [-0.2, 0) is 0 Å². The molecule has 1 heterocycles. The molecule has 3 rings (SSSR count). The third kappa shape index (κ3) is 1.51. The van der Waals surface area contributed by atoms with Crippen molar-refractivity contribution in [2.24, 2.45) is 5.73 Å². The zero-order valence-electron chi connectivity index (χ0n) is 9.06. The van der Waals surface area contributed by atoms with Crippen molar-refractivity contribution in [2.75, 3.05) is 0 Å². The molecular formula is C14H14N2. The lowest BCUT2D eigenvalue weighted by atomic mass is 10.0. The number of aromatic nitrogens is 1. The lowest BCUT2D eigenvalue weighted by Crippen LogP contribution is -2.11. The van der Waals surface area contributed by atoms with E-state index in [9.17, 15) is 0 Å². The number of hydrogen-bond donors (Lipinski definition) is 1. The Hall–Kier alpha value is -1.67. The molecule has 1 aliphatic rings. The lowest BCUT2D eigenvalue weighted by Gasteiger charge is -2.05. The molecule has 1 aromatic heterocycles. The largest absolute Gasteiger partial charge is 0.324 e. The van der Waals surface area contributed by atoms with Crippen molar-refractivity contribution < 1.29 is 0 Å². The Morgan fingerprint density at radius 2 is 2.06 bits per heavy atom. The summed E-state index contributed by atoms with van der Waals surface area (Å²) < 4.78 is 0. The molecule has 0 bridgehead atoms. The fourth-order valence-electron chi connectivity index (χ4n) is 2.34. The van der Waals surface area contributed by atoms with Crippen molar-refractivity contribution in [3.8, 4) is 0 Å². The van der Waals surface area contributed by atoms with Crippen LogP contribution in [0.2, 0.25) is 0 Å². The summed E-state index contributed by atoms with van der Waals surface area (Å²) in [6, 6.07) is 10.6. The number of para-hydroxylation sites is 1. The van der Waals surface area contributed by atoms with Gasteiger partial charge in [0.15, 0.2) is 0 Å². The molecule has 1 unspecified atom stereocenters. The van der Waals surface area contributed by atoms with Crippen LogP contribution < -0.4 is 5.73 Å². The number of hydrogen-bond acceptors (Lipinski definition) is 2. The van der Waals surface area contributed by atoms with Crippen molar-refractivity contribution in [3.63, 3.8) is 0 Å². The quantitative estimate of drug-likeness (QED) is 0.786. The number of rotatable bonds is 1. The maximum Gasteiger partial charge on any atom is 0.0776 e. The maximum absolute atomic E-state index is 5.91. The van der Waals surface area contributed by atoms with E-state index in [0.29, 0.717) is 0 Å². The first kappa shape index (κ1) is 9.55. The minimum atomic E-state index is 0.217. The van der Waals surface area contributed by atoms with E-state index in [0.717, 1.165) is 18.4 Å². The van der Waals surface area contributed by atoms with Crippen LogP contribution in [-0.4, -0.2) is 11.0 Å². The summed E-state index contributed by atoms with van der Waals surface area (Å²) in [4.78, 5) is 4.47. The number of fused-ring (bicyclic) bond motifs is 1. The second-order valence-corrected chi connectivity index (χ2v) is 4.28. The van der Waals surface area contributed by atoms with Gasteiger partial charge in [-0.25, -0.2) is 0 Å². The molecule has 0 saturated carbocycles. The zero-order chi connectivity index (χ0) is 11.0. The molecule has 0 fully saturated rings. The normalized spacial score (nSPS) is 20.1. The van der Waals surface area contributed by atoms with Gasteiger partial charge in [-0.05, 0) is 24.5 Å². The summed E-state index contributed by atoms with van der Waals surface area (Å²) in [7, 11) is 0. The smallest absolute Gasteiger partial charge is 0.0776 e. The van der Waals surface area contributed by atoms with Crippen LogP contribution in [0.5, 0.6) is 0 Å². The summed E-state index contributed by atoms with van der Waals surface area (Å²) in [5.41, 5.74) is 9.58. The first-order valence-corrected chi connectivity index (χ1v) is 5.65. The predicted octanol–water partition coefficient (Wildman–Crippen LogP) is 2.74. The van der Waals surface area contributed by atoms with Crippen LogP contribution >= 0.6 is 0 Å². The van der Waals surface area contributed by atoms with Gasteiger partial charge in [0, 0.05) is 23.2 Å². The molecule has 0 amide bonds. The molecule has 0 radical (unpaired) electrons. The van der Waals surface area contributed by atoms with Gasteiger partial charge in [0.2, 0.25) is 0 Å². The van der Waals surface area contributed by atoms with Gasteiger partial charge in [-0.3, -0.25) is 4.98 Å². The van der Waals surface area contributed by atoms with Gasteiger partial charge >= 0.3 is 0 Å². The van der Waals surface area contributed by atoms with Gasteiger partial charge in [-0.1, -0.05) is 30.3 Å². The SMILES string of the molecule is NC1C=C(c2cccc3cccnc23)CC1. The molecule has 2 aromatic rings. The predicted molar refractivity (Wildman–Crippen MR) is 66.9 cm³/mol. The van der Waals surface area contributed by atoms with E-state index >= 15 is 0 Å². The molecule has 2 nitrogen and oxygen atoms in total. The standard InChI is InChI=1S/C14H14N2/c15-12-7-6-11(9-12)13-5-1-3-10-4-2-8-16-14(10)13/h1-5,8-9,12H,6-7,15H2. The third-order valence-corrected chi connectivity index (χ3v) is 3.14. The van der Waals surface area contributed by atoms with Crippen molar-refractivity contribution in [3.05, 3.63) is 48.2 Å². The Labute approximate surface area is 94.8 Å². The fourth-order valence-corrected chi connectivity index (χ4v) is 2.34. The van der Waals surface area contributed by atoms with E-state index in [1.807, 2.05) is 12.3 Å². The van der Waals surface area contributed by atoms with Gasteiger partial charge in [-0.15, -0.1) is 0 Å². The molecule has 16 heavy (non-hydrogen) atoms. The maximum atomic E-state index is 5.91. The van der Waals surface area contributed by atoms with Crippen LogP contribution in [0.1, 0.15) is 18.4 Å². The molecule has 2 N–H and O–H groups in total. The zero-order valence-corrected chi connectivity index (χ0v) is 9.06. The van der Waals surface area contributed by atoms with Gasteiger partial charge in [0.1, 0.15) is 0 Å². The highest BCUT2D eigenvalue weighted by Crippen LogP contribution is 2.31. The summed E-state index contributed by atoms with van der Waals surface area (Å²) in [6.45, 7) is 0. The van der Waals surface area contributed by atoms with Gasteiger partial charge in [-0.2, -0.15) is 0 Å². The third-order valence-electron chi connectivity index (χ3n) is 3.14. The van der Waals surface area contributed by atoms with Crippen molar-refractivity contribution in [2.45, 2.75) is 18.9 Å². The van der Waals surface area contributed by atoms with Crippen LogP contribution in [0.3, 0.4) is 0 Å². The van der Waals surface area contributed by atoms with E-state index in [-0.39, 0.29) is 6.04 Å². The fraction of sp³-hybridized carbons (Fsp3) is 0.214. The summed E-state index contributed by atoms with van der Waals surface area (Å²) >= 11 is 0. The number of nitrogens with zero attached hydrogens (tertiary/aromatic N) is 1. The molecular weight excluding hydrogens is 196 g/mol. The van der Waals surface area contributed by atoms with Gasteiger partial charge < -0.3 is 5.73 Å². The minimum Gasteiger partial charge on any atom is -0.324 e. The first-order valence-electron chi connectivity index (χ1n) is 5.65. The summed E-state index contributed by atoms with van der Waals surface area (Å²) in [5.74, 6) is 0. The lowest BCUT2D eigenvalue weighted by molar-refractivity contribution is 0.782. The topological polar surface area (TPSA) is 38.9 Å². The van der Waals surface area contributed by atoms with Gasteiger partial charge in [0.05, 0.1) is 5.52 Å². The van der Waals surface area contributed by atoms with Crippen molar-refractivity contribution in [1.29, 1.82) is 0 Å². The summed E-state index contributed by atoms with van der Waals surface area (Å²) in [6.07, 6.45) is 6.14. The van der Waals surface area contributed by atoms with E-state index < -0.39 is 0 Å². The number of pyridine rings is 1. The average Bonchev–Trinajstić information content (AvgIpc) is 2.75. The Morgan fingerprint density at radius 1 is 1.19 bits per heavy atom. The summed E-state index contributed by atoms with van der Waals surface area (Å²) in [5, 5.41) is 1.20. The molecule has 1 atom stereocenters. The first-order chi connectivity index (χ1) is 7.84. The van der Waals surface area contributed by atoms with E-state index in [1.165, 1.54) is 16.5 Å². The average molecular weight is 210 g/mol. The highest BCUT2D eigenvalue weighted by atomic mass is 14.7. The Kier molecular flexibility index (Phi) is 2.22. The second kappa shape index (κ2) is 3.72. The highest BCUT2D eigenvalue weighted by molar-refractivity contribution is 5.91. The van der Waals surface area contributed by atoms with Crippen LogP contribution in [0.15, 0.2) is 42.6 Å². The molecule has 0 spiro atoms. The number of benzene rings is 1. The molecule has 1 aliphatic carbocycles. The molecule has 0 saturated heterocycles. The van der Waals surface area contributed by atoms with Crippen LogP contribution in [0, 0.1) is 0 Å². The Balaban J connectivity index is 2.20. The van der Waals surface area contributed by atoms with E-state index in [4.69, 9.17) is 5.73 Å². The molecule has 0 aliphatic heterocycles. The van der Waals surface area contributed by atoms with Crippen molar-refractivity contribution in [1.82, 2.24) is 4.98 Å². The number of nitrogens with two attached hydrogens (primary N) is 1. The Morgan fingerprint density at radius 3 is 2.88 bits per heavy atom. The monoisotopic (exact) mass is 210 g/mol. The Bertz CT molecular complexity index is 552. The van der Waals surface area contributed by atoms with Crippen LogP contribution in [0.4, 0.5) is 0 Å². The second-order valence-electron chi connectivity index (χ2n) is 4.28. The molecule has 1 aromatic carbocycles. The molecule has 80 valence electrons. The van der Waals surface area contributed by atoms with Gasteiger partial charge in [0.25, 0.3) is 0 Å². The minimum absolute atomic E-state index is 0.217. The van der Waals surface area contributed by atoms with E-state index in [1.54, 1.807) is 0 Å². The highest BCUT2D eigenvalue weighted by Gasteiger charge is 2.15. The van der Waals surface area contributed by atoms with Crippen LogP contribution in [0.25, 0.3) is 16.5 Å². The van der Waals surface area contributed by atoms with Crippen molar-refractivity contribution >= 4 is 16.5 Å². The van der Waals surface area contributed by atoms with E-state index in [2.05, 4.69) is 35.3 Å². The number of allylic oxidation sites excluding steroid dienone is 1. The molecule has 2 heteroatoms.